The number of sulfonamides is 1. The van der Waals surface area contributed by atoms with Crippen LogP contribution in [0.2, 0.25) is 0 Å². The number of ether oxygens (including phenoxy) is 1. The average molecular weight is 306 g/mol. The van der Waals surface area contributed by atoms with Crippen molar-refractivity contribution in [1.29, 1.82) is 0 Å². The Hall–Kier alpha value is -0.170. The van der Waals surface area contributed by atoms with Crippen LogP contribution in [0.25, 0.3) is 0 Å². The van der Waals surface area contributed by atoms with Crippen molar-refractivity contribution in [3.8, 4) is 0 Å². The molecule has 5 nitrogen and oxygen atoms in total. The molecule has 0 bridgehead atoms. The first-order valence-electron chi connectivity index (χ1n) is 7.57. The number of rotatable bonds is 8. The maximum absolute atomic E-state index is 12.4. The molecule has 1 rings (SSSR count). The molecule has 120 valence electrons. The molecule has 0 spiro atoms. The fraction of sp³-hybridized carbons (Fsp3) is 1.00. The van der Waals surface area contributed by atoms with Gasteiger partial charge in [-0.3, -0.25) is 0 Å². The van der Waals surface area contributed by atoms with E-state index in [4.69, 9.17) is 10.5 Å². The predicted octanol–water partition coefficient (Wildman–Crippen LogP) is 1.58. The Bertz CT molecular complexity index is 376. The molecule has 0 aromatic carbocycles. The van der Waals surface area contributed by atoms with E-state index in [1.54, 1.807) is 18.5 Å². The van der Waals surface area contributed by atoms with Crippen molar-refractivity contribution in [2.75, 3.05) is 33.1 Å². The second-order valence-electron chi connectivity index (χ2n) is 5.91. The van der Waals surface area contributed by atoms with Gasteiger partial charge in [0.05, 0.1) is 5.75 Å². The Morgan fingerprint density at radius 3 is 2.40 bits per heavy atom. The van der Waals surface area contributed by atoms with Crippen LogP contribution in [0.15, 0.2) is 0 Å². The van der Waals surface area contributed by atoms with Gasteiger partial charge < -0.3 is 10.5 Å². The molecule has 20 heavy (non-hydrogen) atoms. The molecule has 1 saturated carbocycles. The normalized spacial score (nSPS) is 27.9. The summed E-state index contributed by atoms with van der Waals surface area (Å²) < 4.78 is 31.4. The van der Waals surface area contributed by atoms with E-state index in [0.29, 0.717) is 19.6 Å². The van der Waals surface area contributed by atoms with Crippen LogP contribution < -0.4 is 5.73 Å². The Kier molecular flexibility index (Phi) is 6.91. The van der Waals surface area contributed by atoms with E-state index in [1.165, 1.54) is 6.42 Å². The van der Waals surface area contributed by atoms with Gasteiger partial charge in [-0.1, -0.05) is 13.3 Å². The minimum absolute atomic E-state index is 0.135. The molecule has 0 radical (unpaired) electrons. The molecule has 1 aliphatic carbocycles. The summed E-state index contributed by atoms with van der Waals surface area (Å²) in [4.78, 5) is 0. The van der Waals surface area contributed by atoms with Gasteiger partial charge in [-0.15, -0.1) is 0 Å². The molecule has 0 amide bonds. The fourth-order valence-electron chi connectivity index (χ4n) is 3.09. The van der Waals surface area contributed by atoms with Crippen molar-refractivity contribution in [2.24, 2.45) is 11.7 Å². The zero-order valence-corrected chi connectivity index (χ0v) is 13.9. The minimum atomic E-state index is -3.25. The van der Waals surface area contributed by atoms with Crippen molar-refractivity contribution in [2.45, 2.75) is 51.0 Å². The van der Waals surface area contributed by atoms with Gasteiger partial charge in [-0.05, 0) is 38.0 Å². The lowest BCUT2D eigenvalue weighted by atomic mass is 9.75. The third-order valence-corrected chi connectivity index (χ3v) is 6.86. The minimum Gasteiger partial charge on any atom is -0.385 e. The van der Waals surface area contributed by atoms with E-state index < -0.39 is 10.0 Å². The third-order valence-electron chi connectivity index (χ3n) is 4.83. The number of hydrogen-bond acceptors (Lipinski definition) is 4. The number of hydrogen-bond donors (Lipinski definition) is 1. The second kappa shape index (κ2) is 7.73. The van der Waals surface area contributed by atoms with Gasteiger partial charge in [-0.2, -0.15) is 4.31 Å². The molecule has 6 heteroatoms. The van der Waals surface area contributed by atoms with E-state index in [9.17, 15) is 8.42 Å². The van der Waals surface area contributed by atoms with Crippen LogP contribution in [-0.2, 0) is 14.8 Å². The van der Waals surface area contributed by atoms with Gasteiger partial charge in [0.1, 0.15) is 0 Å². The Morgan fingerprint density at radius 2 is 1.95 bits per heavy atom. The van der Waals surface area contributed by atoms with Crippen molar-refractivity contribution in [3.63, 3.8) is 0 Å². The molecule has 0 aromatic heterocycles. The largest absolute Gasteiger partial charge is 0.385 e. The Labute approximate surface area is 123 Å². The standard InChI is InChI=1S/C14H30N2O3S/c1-4-13-6-8-14(12-15,9-7-13)16(2)20(17,18)11-5-10-19-3/h13H,4-12,15H2,1-3H3. The van der Waals surface area contributed by atoms with Crippen LogP contribution in [0.5, 0.6) is 0 Å². The van der Waals surface area contributed by atoms with E-state index >= 15 is 0 Å². The number of methoxy groups -OCH3 is 1. The smallest absolute Gasteiger partial charge is 0.214 e. The second-order valence-corrected chi connectivity index (χ2v) is 8.03. The van der Waals surface area contributed by atoms with Crippen LogP contribution in [-0.4, -0.2) is 51.3 Å². The van der Waals surface area contributed by atoms with Crippen LogP contribution in [0.4, 0.5) is 0 Å². The first kappa shape index (κ1) is 17.9. The zero-order chi connectivity index (χ0) is 15.2. The lowest BCUT2D eigenvalue weighted by Gasteiger charge is -2.45. The topological polar surface area (TPSA) is 72.6 Å². The van der Waals surface area contributed by atoms with E-state index in [0.717, 1.165) is 31.6 Å². The molecule has 2 N–H and O–H groups in total. The van der Waals surface area contributed by atoms with Gasteiger partial charge in [0.15, 0.2) is 0 Å². The van der Waals surface area contributed by atoms with Crippen molar-refractivity contribution in [1.82, 2.24) is 4.31 Å². The summed E-state index contributed by atoms with van der Waals surface area (Å²) in [6.45, 7) is 3.08. The third kappa shape index (κ3) is 4.16. The highest BCUT2D eigenvalue weighted by atomic mass is 32.2. The molecule has 1 fully saturated rings. The van der Waals surface area contributed by atoms with Crippen molar-refractivity contribution < 1.29 is 13.2 Å². The maximum Gasteiger partial charge on any atom is 0.214 e. The highest BCUT2D eigenvalue weighted by Gasteiger charge is 2.42. The zero-order valence-electron chi connectivity index (χ0n) is 13.1. The van der Waals surface area contributed by atoms with Gasteiger partial charge in [0.2, 0.25) is 10.0 Å². The number of likely N-dealkylation sites (N-methyl/N-ethyl adjacent to an activating group) is 1. The summed E-state index contributed by atoms with van der Waals surface area (Å²) in [5.74, 6) is 0.857. The maximum atomic E-state index is 12.4. The predicted molar refractivity (Wildman–Crippen MR) is 82.1 cm³/mol. The first-order valence-corrected chi connectivity index (χ1v) is 9.18. The van der Waals surface area contributed by atoms with Gasteiger partial charge in [0, 0.05) is 32.8 Å². The van der Waals surface area contributed by atoms with Crippen LogP contribution >= 0.6 is 0 Å². The highest BCUT2D eigenvalue weighted by Crippen LogP contribution is 2.37. The van der Waals surface area contributed by atoms with Crippen LogP contribution in [0.1, 0.15) is 45.4 Å². The molecule has 1 aliphatic rings. The number of nitrogens with two attached hydrogens (primary N) is 1. The first-order chi connectivity index (χ1) is 9.41. The molecular weight excluding hydrogens is 276 g/mol. The van der Waals surface area contributed by atoms with Gasteiger partial charge in [-0.25, -0.2) is 8.42 Å². The fourth-order valence-corrected chi connectivity index (χ4v) is 4.69. The number of nitrogens with zero attached hydrogens (tertiary/aromatic N) is 1. The summed E-state index contributed by atoms with van der Waals surface area (Å²) in [6.07, 6.45) is 5.60. The quantitative estimate of drug-likeness (QED) is 0.691. The summed E-state index contributed by atoms with van der Waals surface area (Å²) in [5.41, 5.74) is 5.57. The van der Waals surface area contributed by atoms with E-state index in [-0.39, 0.29) is 11.3 Å². The van der Waals surface area contributed by atoms with Gasteiger partial charge in [0.25, 0.3) is 0 Å². The summed E-state index contributed by atoms with van der Waals surface area (Å²) >= 11 is 0. The van der Waals surface area contributed by atoms with E-state index in [2.05, 4.69) is 6.92 Å². The molecular formula is C14H30N2O3S. The molecule has 0 atom stereocenters. The molecule has 0 saturated heterocycles. The van der Waals surface area contributed by atoms with Crippen molar-refractivity contribution in [3.05, 3.63) is 0 Å². The summed E-state index contributed by atoms with van der Waals surface area (Å²) in [5, 5.41) is 0. The average Bonchev–Trinajstić information content (AvgIpc) is 2.46. The lowest BCUT2D eigenvalue weighted by Crippen LogP contribution is -2.56. The molecule has 0 heterocycles. The molecule has 0 aromatic rings. The monoisotopic (exact) mass is 306 g/mol. The Balaban J connectivity index is 2.73. The Morgan fingerprint density at radius 1 is 1.35 bits per heavy atom. The highest BCUT2D eigenvalue weighted by molar-refractivity contribution is 7.89. The van der Waals surface area contributed by atoms with Crippen LogP contribution in [0, 0.1) is 5.92 Å². The molecule has 0 aliphatic heterocycles. The summed E-state index contributed by atoms with van der Waals surface area (Å²) in [6, 6.07) is 0. The van der Waals surface area contributed by atoms with E-state index in [1.807, 2.05) is 0 Å². The molecule has 0 unspecified atom stereocenters. The van der Waals surface area contributed by atoms with Crippen molar-refractivity contribution >= 4 is 10.0 Å². The van der Waals surface area contributed by atoms with Crippen LogP contribution in [0.3, 0.4) is 0 Å². The lowest BCUT2D eigenvalue weighted by molar-refractivity contribution is 0.128. The summed E-state index contributed by atoms with van der Waals surface area (Å²) in [7, 11) is 0.0292. The van der Waals surface area contributed by atoms with Gasteiger partial charge >= 0.3 is 0 Å². The SMILES string of the molecule is CCC1CCC(CN)(N(C)S(=O)(=O)CCCOC)CC1.